The SMILES string of the molecule is CC1CN(C(=O)c2ccc(Oc3ccc(Cl)cc3[N+](=O)[O-])cc2)CCN1.Cl. The molecule has 0 saturated carbocycles. The molecule has 1 atom stereocenters. The third-order valence-electron chi connectivity index (χ3n) is 4.10. The Labute approximate surface area is 167 Å². The summed E-state index contributed by atoms with van der Waals surface area (Å²) in [5.41, 5.74) is 0.338. The molecule has 0 radical (unpaired) electrons. The Bertz CT molecular complexity index is 830. The van der Waals surface area contributed by atoms with Gasteiger partial charge < -0.3 is 15.0 Å². The molecule has 9 heteroatoms. The van der Waals surface area contributed by atoms with Crippen molar-refractivity contribution in [3.8, 4) is 11.5 Å². The fourth-order valence-electron chi connectivity index (χ4n) is 2.81. The van der Waals surface area contributed by atoms with E-state index in [2.05, 4.69) is 5.32 Å². The van der Waals surface area contributed by atoms with Crippen molar-refractivity contribution in [3.05, 3.63) is 63.2 Å². The summed E-state index contributed by atoms with van der Waals surface area (Å²) in [6, 6.07) is 11.0. The van der Waals surface area contributed by atoms with Gasteiger partial charge in [0.25, 0.3) is 5.91 Å². The minimum Gasteiger partial charge on any atom is -0.450 e. The number of hydrogen-bond acceptors (Lipinski definition) is 5. The molecule has 7 nitrogen and oxygen atoms in total. The van der Waals surface area contributed by atoms with Crippen molar-refractivity contribution in [3.63, 3.8) is 0 Å². The van der Waals surface area contributed by atoms with Crippen molar-refractivity contribution < 1.29 is 14.5 Å². The van der Waals surface area contributed by atoms with E-state index in [9.17, 15) is 14.9 Å². The van der Waals surface area contributed by atoms with E-state index in [-0.39, 0.29) is 40.8 Å². The van der Waals surface area contributed by atoms with Crippen LogP contribution in [0.15, 0.2) is 42.5 Å². The van der Waals surface area contributed by atoms with Crippen molar-refractivity contribution in [1.29, 1.82) is 0 Å². The van der Waals surface area contributed by atoms with E-state index >= 15 is 0 Å². The van der Waals surface area contributed by atoms with Crippen LogP contribution in [0.1, 0.15) is 17.3 Å². The van der Waals surface area contributed by atoms with E-state index < -0.39 is 4.92 Å². The Morgan fingerprint density at radius 3 is 2.63 bits per heavy atom. The van der Waals surface area contributed by atoms with Crippen molar-refractivity contribution >= 4 is 35.6 Å². The highest BCUT2D eigenvalue weighted by Gasteiger charge is 2.22. The summed E-state index contributed by atoms with van der Waals surface area (Å²) in [6.07, 6.45) is 0. The summed E-state index contributed by atoms with van der Waals surface area (Å²) in [5.74, 6) is 0.456. The first-order valence-corrected chi connectivity index (χ1v) is 8.56. The number of nitrogens with zero attached hydrogens (tertiary/aromatic N) is 2. The van der Waals surface area contributed by atoms with Crippen LogP contribution in [-0.4, -0.2) is 41.4 Å². The molecule has 1 heterocycles. The third kappa shape index (κ3) is 5.09. The van der Waals surface area contributed by atoms with Gasteiger partial charge in [-0.2, -0.15) is 0 Å². The lowest BCUT2D eigenvalue weighted by Gasteiger charge is -2.32. The van der Waals surface area contributed by atoms with Gasteiger partial charge in [0, 0.05) is 42.3 Å². The zero-order valence-corrected chi connectivity index (χ0v) is 16.1. The maximum Gasteiger partial charge on any atom is 0.313 e. The van der Waals surface area contributed by atoms with E-state index in [0.717, 1.165) is 6.54 Å². The Hall–Kier alpha value is -2.35. The molecule has 2 aromatic rings. The second-order valence-electron chi connectivity index (χ2n) is 6.10. The van der Waals surface area contributed by atoms with E-state index in [1.165, 1.54) is 18.2 Å². The van der Waals surface area contributed by atoms with Gasteiger partial charge in [0.05, 0.1) is 4.92 Å². The molecule has 1 unspecified atom stereocenters. The van der Waals surface area contributed by atoms with E-state index in [1.54, 1.807) is 29.2 Å². The second kappa shape index (κ2) is 9.03. The number of carbonyl (C=O) groups excluding carboxylic acids is 1. The minimum absolute atomic E-state index is 0. The average Bonchev–Trinajstić information content (AvgIpc) is 2.63. The van der Waals surface area contributed by atoms with Gasteiger partial charge in [-0.25, -0.2) is 0 Å². The first-order chi connectivity index (χ1) is 12.4. The molecule has 0 bridgehead atoms. The predicted octanol–water partition coefficient (Wildman–Crippen LogP) is 3.90. The number of carbonyl (C=O) groups is 1. The summed E-state index contributed by atoms with van der Waals surface area (Å²) >= 11 is 5.80. The van der Waals surface area contributed by atoms with Crippen molar-refractivity contribution in [1.82, 2.24) is 10.2 Å². The number of piperazine rings is 1. The molecule has 1 amide bonds. The molecule has 1 N–H and O–H groups in total. The summed E-state index contributed by atoms with van der Waals surface area (Å²) < 4.78 is 5.59. The average molecular weight is 412 g/mol. The topological polar surface area (TPSA) is 84.7 Å². The zero-order chi connectivity index (χ0) is 18.7. The number of benzene rings is 2. The molecule has 1 aliphatic heterocycles. The van der Waals surface area contributed by atoms with Crippen LogP contribution in [0, 0.1) is 10.1 Å². The molecule has 0 aliphatic carbocycles. The molecule has 2 aromatic carbocycles. The van der Waals surface area contributed by atoms with Crippen LogP contribution in [0.25, 0.3) is 0 Å². The summed E-state index contributed by atoms with van der Waals surface area (Å²) in [4.78, 5) is 24.9. The number of nitro groups is 1. The molecule has 144 valence electrons. The fraction of sp³-hybridized carbons (Fsp3) is 0.278. The number of nitro benzene ring substituents is 1. The summed E-state index contributed by atoms with van der Waals surface area (Å²) in [6.45, 7) is 4.14. The maximum absolute atomic E-state index is 12.5. The Balaban J connectivity index is 0.00000261. The quantitative estimate of drug-likeness (QED) is 0.608. The largest absolute Gasteiger partial charge is 0.450 e. The van der Waals surface area contributed by atoms with Gasteiger partial charge in [0.2, 0.25) is 5.75 Å². The molecular formula is C18H19Cl2N3O4. The van der Waals surface area contributed by atoms with E-state index in [4.69, 9.17) is 16.3 Å². The Morgan fingerprint density at radius 1 is 1.30 bits per heavy atom. The lowest BCUT2D eigenvalue weighted by Crippen LogP contribution is -2.51. The molecule has 1 aliphatic rings. The molecule has 0 aromatic heterocycles. The predicted molar refractivity (Wildman–Crippen MR) is 105 cm³/mol. The normalized spacial score (nSPS) is 16.4. The number of ether oxygens (including phenoxy) is 1. The Morgan fingerprint density at radius 2 is 2.00 bits per heavy atom. The van der Waals surface area contributed by atoms with Crippen LogP contribution in [-0.2, 0) is 0 Å². The van der Waals surface area contributed by atoms with Gasteiger partial charge in [0.15, 0.2) is 0 Å². The molecule has 0 spiro atoms. The van der Waals surface area contributed by atoms with Crippen molar-refractivity contribution in [2.24, 2.45) is 0 Å². The van der Waals surface area contributed by atoms with Crippen LogP contribution < -0.4 is 10.1 Å². The minimum atomic E-state index is -0.551. The smallest absolute Gasteiger partial charge is 0.313 e. The lowest BCUT2D eigenvalue weighted by atomic mass is 10.1. The van der Waals surface area contributed by atoms with Crippen LogP contribution in [0.2, 0.25) is 5.02 Å². The second-order valence-corrected chi connectivity index (χ2v) is 6.54. The van der Waals surface area contributed by atoms with Crippen molar-refractivity contribution in [2.45, 2.75) is 13.0 Å². The first-order valence-electron chi connectivity index (χ1n) is 8.18. The maximum atomic E-state index is 12.5. The highest BCUT2D eigenvalue weighted by Crippen LogP contribution is 2.33. The molecule has 1 fully saturated rings. The van der Waals surface area contributed by atoms with Gasteiger partial charge in [-0.15, -0.1) is 12.4 Å². The molecular weight excluding hydrogens is 393 g/mol. The number of amides is 1. The number of hydrogen-bond donors (Lipinski definition) is 1. The summed E-state index contributed by atoms with van der Waals surface area (Å²) in [7, 11) is 0. The highest BCUT2D eigenvalue weighted by atomic mass is 35.5. The van der Waals surface area contributed by atoms with Gasteiger partial charge in [-0.1, -0.05) is 11.6 Å². The van der Waals surface area contributed by atoms with Crippen LogP contribution >= 0.6 is 24.0 Å². The van der Waals surface area contributed by atoms with Gasteiger partial charge in [-0.3, -0.25) is 14.9 Å². The third-order valence-corrected chi connectivity index (χ3v) is 4.34. The van der Waals surface area contributed by atoms with Gasteiger partial charge in [0.1, 0.15) is 5.75 Å². The number of rotatable bonds is 4. The van der Waals surface area contributed by atoms with E-state index in [1.807, 2.05) is 6.92 Å². The monoisotopic (exact) mass is 411 g/mol. The molecule has 3 rings (SSSR count). The van der Waals surface area contributed by atoms with Gasteiger partial charge >= 0.3 is 5.69 Å². The fourth-order valence-corrected chi connectivity index (χ4v) is 2.98. The standard InChI is InChI=1S/C18H18ClN3O4.ClH/c1-12-11-21(9-8-20-12)18(23)13-2-5-15(6-3-13)26-17-7-4-14(19)10-16(17)22(24)25;/h2-7,10,12,20H,8-9,11H2,1H3;1H. The highest BCUT2D eigenvalue weighted by molar-refractivity contribution is 6.30. The van der Waals surface area contributed by atoms with E-state index in [0.29, 0.717) is 24.4 Å². The van der Waals surface area contributed by atoms with Crippen molar-refractivity contribution in [2.75, 3.05) is 19.6 Å². The number of nitrogens with one attached hydrogen (secondary N) is 1. The van der Waals surface area contributed by atoms with Gasteiger partial charge in [-0.05, 0) is 43.3 Å². The molecule has 27 heavy (non-hydrogen) atoms. The van der Waals surface area contributed by atoms with Crippen LogP contribution in [0.4, 0.5) is 5.69 Å². The Kier molecular flexibility index (Phi) is 7.01. The number of halogens is 2. The van der Waals surface area contributed by atoms with Crippen LogP contribution in [0.3, 0.4) is 0 Å². The lowest BCUT2D eigenvalue weighted by molar-refractivity contribution is -0.385. The summed E-state index contributed by atoms with van der Waals surface area (Å²) in [5, 5.41) is 14.7. The molecule has 1 saturated heterocycles. The van der Waals surface area contributed by atoms with Crippen LogP contribution in [0.5, 0.6) is 11.5 Å². The first kappa shape index (κ1) is 21.0. The zero-order valence-electron chi connectivity index (χ0n) is 14.6.